The summed E-state index contributed by atoms with van der Waals surface area (Å²) in [4.78, 5) is 35.9. The molecule has 1 saturated carbocycles. The van der Waals surface area contributed by atoms with Gasteiger partial charge < -0.3 is 20.1 Å². The van der Waals surface area contributed by atoms with Crippen LogP contribution in [0.15, 0.2) is 78.9 Å². The molecule has 1 fully saturated rings. The summed E-state index contributed by atoms with van der Waals surface area (Å²) in [6.45, 7) is 0.697. The molecule has 8 nitrogen and oxygen atoms in total. The number of hydrogen-bond donors (Lipinski definition) is 3. The van der Waals surface area contributed by atoms with Gasteiger partial charge in [0.2, 0.25) is 0 Å². The summed E-state index contributed by atoms with van der Waals surface area (Å²) in [6.07, 6.45) is 3.73. The number of ether oxygens (including phenoxy) is 1. The maximum absolute atomic E-state index is 14.3. The van der Waals surface area contributed by atoms with Gasteiger partial charge in [0, 0.05) is 24.2 Å². The van der Waals surface area contributed by atoms with Crippen LogP contribution in [0.25, 0.3) is 0 Å². The Morgan fingerprint density at radius 3 is 2.45 bits per heavy atom. The Hall–Kier alpha value is -3.72. The van der Waals surface area contributed by atoms with Crippen molar-refractivity contribution in [3.8, 4) is 5.75 Å². The first-order valence-electron chi connectivity index (χ1n) is 14.0. The van der Waals surface area contributed by atoms with Gasteiger partial charge in [0.15, 0.2) is 0 Å². The molecule has 3 aromatic carbocycles. The minimum absolute atomic E-state index is 0.00824. The smallest absolute Gasteiger partial charge is 0.255 e. The molecule has 3 N–H and O–H groups in total. The average Bonchev–Trinajstić information content (AvgIpc) is 3.00. The quantitative estimate of drug-likeness (QED) is 0.333. The molecule has 3 aromatic rings. The monoisotopic (exact) mass is 543 g/mol. The first-order valence-corrected chi connectivity index (χ1v) is 14.0. The van der Waals surface area contributed by atoms with Gasteiger partial charge in [-0.3, -0.25) is 14.4 Å². The van der Waals surface area contributed by atoms with Gasteiger partial charge >= 0.3 is 0 Å². The summed E-state index contributed by atoms with van der Waals surface area (Å²) >= 11 is 0. The van der Waals surface area contributed by atoms with Crippen molar-refractivity contribution >= 4 is 11.8 Å². The highest BCUT2D eigenvalue weighted by Crippen LogP contribution is 2.46. The summed E-state index contributed by atoms with van der Waals surface area (Å²) in [6, 6.07) is 23.9. The number of hydrogen-bond acceptors (Lipinski definition) is 6. The predicted octanol–water partition coefficient (Wildman–Crippen LogP) is 4.12. The number of aliphatic hydroxyl groups excluding tert-OH is 1. The first kappa shape index (κ1) is 27.8. The van der Waals surface area contributed by atoms with Crippen molar-refractivity contribution < 1.29 is 24.3 Å². The second kappa shape index (κ2) is 13.1. The van der Waals surface area contributed by atoms with Gasteiger partial charge in [0.1, 0.15) is 5.75 Å². The third-order valence-electron chi connectivity index (χ3n) is 7.98. The van der Waals surface area contributed by atoms with Crippen molar-refractivity contribution in [3.05, 3.63) is 101 Å². The lowest BCUT2D eigenvalue weighted by atomic mass is 9.76. The standard InChI is InChI=1S/C32H37N3O5/c1-39-24-17-15-23(16-18-24)30-29(31(37)34-40-21-22-9-3-2-4-10-22)25-11-5-6-12-26(25)32(38)35(30)28-14-8-7-13-27(28)33-19-20-36/h2-6,9-12,15-18,27-30,33,36H,7-8,13-14,19-21H2,1H3,(H,34,37). The van der Waals surface area contributed by atoms with Crippen LogP contribution >= 0.6 is 0 Å². The summed E-state index contributed by atoms with van der Waals surface area (Å²) in [5.41, 5.74) is 5.69. The average molecular weight is 544 g/mol. The Kier molecular flexibility index (Phi) is 9.11. The Morgan fingerprint density at radius 2 is 1.70 bits per heavy atom. The molecule has 4 unspecified atom stereocenters. The highest BCUT2D eigenvalue weighted by Gasteiger charge is 2.48. The van der Waals surface area contributed by atoms with Crippen LogP contribution in [0, 0.1) is 0 Å². The lowest BCUT2D eigenvalue weighted by Crippen LogP contribution is -2.58. The zero-order chi connectivity index (χ0) is 27.9. The highest BCUT2D eigenvalue weighted by molar-refractivity contribution is 6.01. The van der Waals surface area contributed by atoms with Crippen LogP contribution in [-0.2, 0) is 16.2 Å². The second-order valence-electron chi connectivity index (χ2n) is 10.4. The number of aliphatic hydroxyl groups is 1. The van der Waals surface area contributed by atoms with Crippen molar-refractivity contribution in [2.24, 2.45) is 0 Å². The van der Waals surface area contributed by atoms with Crippen molar-refractivity contribution in [1.29, 1.82) is 0 Å². The van der Waals surface area contributed by atoms with E-state index in [1.165, 1.54) is 0 Å². The molecule has 210 valence electrons. The summed E-state index contributed by atoms with van der Waals surface area (Å²) in [5.74, 6) is -0.394. The lowest BCUT2D eigenvalue weighted by molar-refractivity contribution is -0.138. The molecule has 40 heavy (non-hydrogen) atoms. The molecule has 1 heterocycles. The number of carbonyl (C=O) groups is 2. The fraction of sp³-hybridized carbons (Fsp3) is 0.375. The normalized spacial score (nSPS) is 22.4. The number of nitrogens with one attached hydrogen (secondary N) is 2. The largest absolute Gasteiger partial charge is 0.497 e. The van der Waals surface area contributed by atoms with Gasteiger partial charge in [0.25, 0.3) is 11.8 Å². The van der Waals surface area contributed by atoms with Crippen LogP contribution in [0.5, 0.6) is 5.75 Å². The van der Waals surface area contributed by atoms with E-state index in [9.17, 15) is 14.7 Å². The van der Waals surface area contributed by atoms with E-state index in [0.29, 0.717) is 23.4 Å². The molecule has 2 aliphatic rings. The maximum Gasteiger partial charge on any atom is 0.255 e. The zero-order valence-corrected chi connectivity index (χ0v) is 22.8. The minimum atomic E-state index is -0.696. The number of fused-ring (bicyclic) bond motifs is 1. The fourth-order valence-electron chi connectivity index (χ4n) is 6.12. The molecule has 1 aliphatic heterocycles. The first-order chi connectivity index (χ1) is 19.6. The van der Waals surface area contributed by atoms with Gasteiger partial charge in [0.05, 0.1) is 32.3 Å². The molecule has 0 spiro atoms. The number of methoxy groups -OCH3 is 1. The molecule has 2 amide bonds. The molecular formula is C32H37N3O5. The molecule has 0 bridgehead atoms. The van der Waals surface area contributed by atoms with Crippen molar-refractivity contribution in [2.75, 3.05) is 20.3 Å². The van der Waals surface area contributed by atoms with Gasteiger partial charge in [-0.25, -0.2) is 5.48 Å². The van der Waals surface area contributed by atoms with Crippen LogP contribution in [0.4, 0.5) is 0 Å². The molecule has 5 rings (SSSR count). The molecule has 0 radical (unpaired) electrons. The van der Waals surface area contributed by atoms with E-state index in [2.05, 4.69) is 10.8 Å². The van der Waals surface area contributed by atoms with Crippen LogP contribution in [0.1, 0.15) is 64.7 Å². The predicted molar refractivity (Wildman–Crippen MR) is 152 cm³/mol. The van der Waals surface area contributed by atoms with Crippen LogP contribution in [0.3, 0.4) is 0 Å². The molecule has 0 aromatic heterocycles. The van der Waals surface area contributed by atoms with Crippen LogP contribution < -0.4 is 15.5 Å². The number of carbonyl (C=O) groups excluding carboxylic acids is 2. The van der Waals surface area contributed by atoms with Crippen LogP contribution in [0.2, 0.25) is 0 Å². The van der Waals surface area contributed by atoms with Gasteiger partial charge in [-0.2, -0.15) is 0 Å². The van der Waals surface area contributed by atoms with E-state index < -0.39 is 12.0 Å². The van der Waals surface area contributed by atoms with Crippen LogP contribution in [-0.4, -0.2) is 54.2 Å². The number of amides is 2. The third kappa shape index (κ3) is 5.89. The third-order valence-corrected chi connectivity index (χ3v) is 7.98. The van der Waals surface area contributed by atoms with E-state index in [-0.39, 0.29) is 37.1 Å². The summed E-state index contributed by atoms with van der Waals surface area (Å²) < 4.78 is 5.39. The fourth-order valence-corrected chi connectivity index (χ4v) is 6.12. The number of rotatable bonds is 10. The zero-order valence-electron chi connectivity index (χ0n) is 22.8. The van der Waals surface area contributed by atoms with Crippen molar-refractivity contribution in [2.45, 2.75) is 56.3 Å². The Bertz CT molecular complexity index is 1280. The van der Waals surface area contributed by atoms with E-state index >= 15 is 0 Å². The van der Waals surface area contributed by atoms with E-state index in [1.807, 2.05) is 77.7 Å². The van der Waals surface area contributed by atoms with Crippen molar-refractivity contribution in [3.63, 3.8) is 0 Å². The van der Waals surface area contributed by atoms with Gasteiger partial charge in [-0.1, -0.05) is 73.5 Å². The topological polar surface area (TPSA) is 100 Å². The number of nitrogens with zero attached hydrogens (tertiary/aromatic N) is 1. The molecule has 0 saturated heterocycles. The van der Waals surface area contributed by atoms with E-state index in [4.69, 9.17) is 9.57 Å². The van der Waals surface area contributed by atoms with Crippen molar-refractivity contribution in [1.82, 2.24) is 15.7 Å². The van der Waals surface area contributed by atoms with E-state index in [0.717, 1.165) is 36.8 Å². The number of hydroxylamine groups is 1. The molecule has 1 aliphatic carbocycles. The Balaban J connectivity index is 1.55. The maximum atomic E-state index is 14.3. The second-order valence-corrected chi connectivity index (χ2v) is 10.4. The Morgan fingerprint density at radius 1 is 0.975 bits per heavy atom. The molecule has 8 heteroatoms. The highest BCUT2D eigenvalue weighted by atomic mass is 16.6. The lowest BCUT2D eigenvalue weighted by Gasteiger charge is -2.49. The van der Waals surface area contributed by atoms with Gasteiger partial charge in [-0.05, 0) is 47.7 Å². The summed E-state index contributed by atoms with van der Waals surface area (Å²) in [5, 5.41) is 13.0. The molecule has 4 atom stereocenters. The SMILES string of the molecule is COc1ccc(C2C(C(=O)NOCc3ccccc3)c3ccccc3C(=O)N2C2CCCCC2NCCO)cc1. The Labute approximate surface area is 235 Å². The molecular weight excluding hydrogens is 506 g/mol. The minimum Gasteiger partial charge on any atom is -0.497 e. The number of benzene rings is 3. The summed E-state index contributed by atoms with van der Waals surface area (Å²) in [7, 11) is 1.61. The van der Waals surface area contributed by atoms with Gasteiger partial charge in [-0.15, -0.1) is 0 Å². The van der Waals surface area contributed by atoms with E-state index in [1.54, 1.807) is 13.2 Å².